The van der Waals surface area contributed by atoms with E-state index >= 15 is 0 Å². The third kappa shape index (κ3) is 5.01. The van der Waals surface area contributed by atoms with Crippen LogP contribution in [0.1, 0.15) is 25.8 Å². The van der Waals surface area contributed by atoms with Crippen LogP contribution in [-0.4, -0.2) is 40.5 Å². The van der Waals surface area contributed by atoms with Crippen LogP contribution >= 0.6 is 0 Å². The summed E-state index contributed by atoms with van der Waals surface area (Å²) in [4.78, 5) is 24.3. The molecule has 1 amide bonds. The van der Waals surface area contributed by atoms with Crippen molar-refractivity contribution in [2.75, 3.05) is 6.54 Å². The smallest absolute Gasteiger partial charge is 0.323 e. The van der Waals surface area contributed by atoms with Crippen molar-refractivity contribution in [1.29, 1.82) is 0 Å². The van der Waals surface area contributed by atoms with E-state index in [0.29, 0.717) is 12.8 Å². The van der Waals surface area contributed by atoms with Gasteiger partial charge in [0.25, 0.3) is 0 Å². The topological polar surface area (TPSA) is 83.6 Å². The molecule has 0 aromatic heterocycles. The number of carboxylic acid groups (broad SMARTS) is 1. The van der Waals surface area contributed by atoms with E-state index in [1.807, 2.05) is 30.3 Å². The largest absolute Gasteiger partial charge is 0.480 e. The normalized spacial score (nSPS) is 12.2. The molecule has 1 atom stereocenters. The van der Waals surface area contributed by atoms with Gasteiger partial charge in [0.15, 0.2) is 0 Å². The molecule has 0 bridgehead atoms. The first-order valence-electron chi connectivity index (χ1n) is 6.73. The first-order chi connectivity index (χ1) is 9.41. The van der Waals surface area contributed by atoms with E-state index in [0.717, 1.165) is 5.56 Å². The fourth-order valence-corrected chi connectivity index (χ4v) is 1.96. The summed E-state index contributed by atoms with van der Waals surface area (Å²) in [6.07, 6.45) is 1.21. The first kappa shape index (κ1) is 16.2. The van der Waals surface area contributed by atoms with E-state index < -0.39 is 12.0 Å². The summed E-state index contributed by atoms with van der Waals surface area (Å²) in [5.74, 6) is -1.33. The van der Waals surface area contributed by atoms with Crippen LogP contribution < -0.4 is 5.73 Å². The molecule has 0 saturated heterocycles. The second kappa shape index (κ2) is 7.65. The zero-order chi connectivity index (χ0) is 15.1. The Kier molecular flexibility index (Phi) is 6.18. The van der Waals surface area contributed by atoms with Crippen molar-refractivity contribution in [3.63, 3.8) is 0 Å². The van der Waals surface area contributed by atoms with Crippen molar-refractivity contribution in [1.82, 2.24) is 4.90 Å². The lowest BCUT2D eigenvalue weighted by Crippen LogP contribution is -2.49. The van der Waals surface area contributed by atoms with Gasteiger partial charge in [-0.1, -0.05) is 30.3 Å². The minimum absolute atomic E-state index is 0.179. The highest BCUT2D eigenvalue weighted by Gasteiger charge is 2.24. The van der Waals surface area contributed by atoms with Crippen molar-refractivity contribution in [3.05, 3.63) is 35.9 Å². The number of carbonyl (C=O) groups is 2. The van der Waals surface area contributed by atoms with Gasteiger partial charge in [0, 0.05) is 6.04 Å². The summed E-state index contributed by atoms with van der Waals surface area (Å²) in [5.41, 5.74) is 7.01. The number of amides is 1. The molecule has 20 heavy (non-hydrogen) atoms. The highest BCUT2D eigenvalue weighted by molar-refractivity contribution is 5.85. The highest BCUT2D eigenvalue weighted by atomic mass is 16.4. The molecule has 1 aromatic rings. The molecule has 5 nitrogen and oxygen atoms in total. The number of aryl methyl sites for hydroxylation is 1. The van der Waals surface area contributed by atoms with Gasteiger partial charge in [-0.05, 0) is 32.3 Å². The maximum absolute atomic E-state index is 12.2. The van der Waals surface area contributed by atoms with Crippen LogP contribution in [0.2, 0.25) is 0 Å². The van der Waals surface area contributed by atoms with Crippen molar-refractivity contribution < 1.29 is 14.7 Å². The molecule has 1 unspecified atom stereocenters. The Morgan fingerprint density at radius 2 is 1.85 bits per heavy atom. The molecule has 5 heteroatoms. The van der Waals surface area contributed by atoms with E-state index in [4.69, 9.17) is 10.8 Å². The lowest BCUT2D eigenvalue weighted by molar-refractivity contribution is -0.146. The fraction of sp³-hybridized carbons (Fsp3) is 0.467. The van der Waals surface area contributed by atoms with Crippen molar-refractivity contribution in [2.24, 2.45) is 5.73 Å². The molecule has 0 heterocycles. The van der Waals surface area contributed by atoms with Crippen LogP contribution in [0.15, 0.2) is 30.3 Å². The molecule has 1 rings (SSSR count). The summed E-state index contributed by atoms with van der Waals surface area (Å²) in [6.45, 7) is 3.26. The molecule has 0 spiro atoms. The third-order valence-corrected chi connectivity index (χ3v) is 3.12. The third-order valence-electron chi connectivity index (χ3n) is 3.12. The average Bonchev–Trinajstić information content (AvgIpc) is 2.42. The molecular weight excluding hydrogens is 256 g/mol. The quantitative estimate of drug-likeness (QED) is 0.786. The van der Waals surface area contributed by atoms with Crippen LogP contribution in [0, 0.1) is 0 Å². The lowest BCUT2D eigenvalue weighted by atomic mass is 10.0. The molecule has 0 aliphatic rings. The Bertz CT molecular complexity index is 446. The Hall–Kier alpha value is -1.88. The summed E-state index contributed by atoms with van der Waals surface area (Å²) < 4.78 is 0. The van der Waals surface area contributed by atoms with Crippen LogP contribution in [0.3, 0.4) is 0 Å². The molecule has 0 fully saturated rings. The average molecular weight is 278 g/mol. The van der Waals surface area contributed by atoms with Crippen LogP contribution in [-0.2, 0) is 16.0 Å². The second-order valence-corrected chi connectivity index (χ2v) is 5.08. The fourth-order valence-electron chi connectivity index (χ4n) is 1.96. The molecular formula is C15H22N2O3. The first-order valence-corrected chi connectivity index (χ1v) is 6.73. The zero-order valence-corrected chi connectivity index (χ0v) is 12.0. The molecule has 0 saturated carbocycles. The Balaban J connectivity index is 2.58. The second-order valence-electron chi connectivity index (χ2n) is 5.08. The van der Waals surface area contributed by atoms with Crippen LogP contribution in [0.5, 0.6) is 0 Å². The van der Waals surface area contributed by atoms with Gasteiger partial charge in [0.2, 0.25) is 5.91 Å². The number of benzene rings is 1. The number of nitrogens with zero attached hydrogens (tertiary/aromatic N) is 1. The summed E-state index contributed by atoms with van der Waals surface area (Å²) in [7, 11) is 0. The highest BCUT2D eigenvalue weighted by Crippen LogP contribution is 2.08. The number of carbonyl (C=O) groups excluding carboxylic acids is 1. The summed E-state index contributed by atoms with van der Waals surface area (Å²) >= 11 is 0. The molecule has 1 aromatic carbocycles. The number of aliphatic carboxylic acids is 1. The molecule has 0 aliphatic carbocycles. The van der Waals surface area contributed by atoms with Gasteiger partial charge in [0.1, 0.15) is 6.54 Å². The standard InChI is InChI=1S/C15H22N2O3/c1-11(2)17(10-14(18)19)15(20)13(16)9-8-12-6-4-3-5-7-12/h3-7,11,13H,8-10,16H2,1-2H3,(H,18,19). The number of hydrogen-bond donors (Lipinski definition) is 2. The number of hydrogen-bond acceptors (Lipinski definition) is 3. The summed E-state index contributed by atoms with van der Waals surface area (Å²) in [5, 5.41) is 8.84. The maximum Gasteiger partial charge on any atom is 0.323 e. The minimum atomic E-state index is -1.03. The zero-order valence-electron chi connectivity index (χ0n) is 12.0. The van der Waals surface area contributed by atoms with Crippen LogP contribution in [0.25, 0.3) is 0 Å². The predicted octanol–water partition coefficient (Wildman–Crippen LogP) is 1.27. The van der Waals surface area contributed by atoms with E-state index in [-0.39, 0.29) is 18.5 Å². The molecule has 0 radical (unpaired) electrons. The molecule has 110 valence electrons. The lowest BCUT2D eigenvalue weighted by Gasteiger charge is -2.27. The summed E-state index contributed by atoms with van der Waals surface area (Å²) in [6, 6.07) is 8.92. The van der Waals surface area contributed by atoms with Gasteiger partial charge >= 0.3 is 5.97 Å². The van der Waals surface area contributed by atoms with E-state index in [2.05, 4.69) is 0 Å². The van der Waals surface area contributed by atoms with E-state index in [1.54, 1.807) is 13.8 Å². The minimum Gasteiger partial charge on any atom is -0.480 e. The number of nitrogens with two attached hydrogens (primary N) is 1. The van der Waals surface area contributed by atoms with Gasteiger partial charge in [-0.2, -0.15) is 0 Å². The maximum atomic E-state index is 12.2. The van der Waals surface area contributed by atoms with E-state index in [1.165, 1.54) is 4.90 Å². The monoisotopic (exact) mass is 278 g/mol. The Morgan fingerprint density at radius 3 is 2.35 bits per heavy atom. The Labute approximate surface area is 119 Å². The molecule has 3 N–H and O–H groups in total. The van der Waals surface area contributed by atoms with E-state index in [9.17, 15) is 9.59 Å². The van der Waals surface area contributed by atoms with Gasteiger partial charge in [-0.25, -0.2) is 0 Å². The number of carboxylic acids is 1. The van der Waals surface area contributed by atoms with Gasteiger partial charge < -0.3 is 15.7 Å². The van der Waals surface area contributed by atoms with Gasteiger partial charge in [0.05, 0.1) is 6.04 Å². The van der Waals surface area contributed by atoms with Crippen molar-refractivity contribution in [3.8, 4) is 0 Å². The van der Waals surface area contributed by atoms with Gasteiger partial charge in [-0.3, -0.25) is 9.59 Å². The van der Waals surface area contributed by atoms with Crippen molar-refractivity contribution in [2.45, 2.75) is 38.8 Å². The number of rotatable bonds is 7. The SMILES string of the molecule is CC(C)N(CC(=O)O)C(=O)C(N)CCc1ccccc1. The molecule has 0 aliphatic heterocycles. The predicted molar refractivity (Wildman–Crippen MR) is 77.2 cm³/mol. The Morgan fingerprint density at radius 1 is 1.25 bits per heavy atom. The van der Waals surface area contributed by atoms with Crippen molar-refractivity contribution >= 4 is 11.9 Å². The van der Waals surface area contributed by atoms with Gasteiger partial charge in [-0.15, -0.1) is 0 Å². The van der Waals surface area contributed by atoms with Crippen LogP contribution in [0.4, 0.5) is 0 Å².